The third-order valence-electron chi connectivity index (χ3n) is 5.17. The van der Waals surface area contributed by atoms with Crippen LogP contribution in [0.25, 0.3) is 0 Å². The molecule has 0 spiro atoms. The van der Waals surface area contributed by atoms with E-state index in [1.807, 2.05) is 31.2 Å². The van der Waals surface area contributed by atoms with Crippen LogP contribution in [0.1, 0.15) is 42.2 Å². The van der Waals surface area contributed by atoms with Crippen LogP contribution in [0.2, 0.25) is 0 Å². The lowest BCUT2D eigenvalue weighted by Crippen LogP contribution is -2.33. The van der Waals surface area contributed by atoms with E-state index in [1.165, 1.54) is 11.3 Å². The summed E-state index contributed by atoms with van der Waals surface area (Å²) in [5.41, 5.74) is 1.70. The van der Waals surface area contributed by atoms with Gasteiger partial charge in [-0.2, -0.15) is 10.1 Å². The molecule has 0 aliphatic carbocycles. The molecule has 0 bridgehead atoms. The Balaban J connectivity index is 1.28. The van der Waals surface area contributed by atoms with Crippen LogP contribution in [-0.2, 0) is 13.0 Å². The third kappa shape index (κ3) is 5.12. The number of aromatic nitrogens is 3. The lowest BCUT2D eigenvalue weighted by Gasteiger charge is -2.29. The van der Waals surface area contributed by atoms with E-state index in [-0.39, 0.29) is 0 Å². The van der Waals surface area contributed by atoms with Crippen molar-refractivity contribution in [2.24, 2.45) is 16.8 Å². The maximum Gasteiger partial charge on any atom is 0.324 e. The van der Waals surface area contributed by atoms with E-state index in [0.29, 0.717) is 18.5 Å². The van der Waals surface area contributed by atoms with Crippen molar-refractivity contribution < 1.29 is 9.26 Å². The van der Waals surface area contributed by atoms with Crippen molar-refractivity contribution in [2.75, 3.05) is 23.0 Å². The van der Waals surface area contributed by atoms with Gasteiger partial charge in [0.15, 0.2) is 5.82 Å². The molecule has 0 amide bonds. The van der Waals surface area contributed by atoms with Gasteiger partial charge in [-0.1, -0.05) is 12.1 Å². The van der Waals surface area contributed by atoms with Crippen molar-refractivity contribution >= 4 is 29.4 Å². The van der Waals surface area contributed by atoms with Crippen LogP contribution in [-0.4, -0.2) is 34.6 Å². The van der Waals surface area contributed by atoms with E-state index >= 15 is 0 Å². The average molecular weight is 443 g/mol. The molecule has 3 aromatic rings. The van der Waals surface area contributed by atoms with Gasteiger partial charge >= 0.3 is 6.01 Å². The molecule has 0 radical (unpaired) electrons. The lowest BCUT2D eigenvalue weighted by atomic mass is 9.98. The van der Waals surface area contributed by atoms with E-state index in [0.717, 1.165) is 60.3 Å². The van der Waals surface area contributed by atoms with Crippen LogP contribution in [0, 0.1) is 0 Å². The van der Waals surface area contributed by atoms with Crippen molar-refractivity contribution in [1.82, 2.24) is 15.1 Å². The van der Waals surface area contributed by atoms with Crippen molar-refractivity contribution in [3.63, 3.8) is 0 Å². The molecule has 1 aliphatic heterocycles. The highest BCUT2D eigenvalue weighted by Gasteiger charge is 2.25. The number of hydrogen-bond donors (Lipinski definition) is 2. The number of hydrazone groups is 1. The van der Waals surface area contributed by atoms with Gasteiger partial charge in [-0.25, -0.2) is 10.8 Å². The molecule has 0 atom stereocenters. The number of piperidine rings is 1. The molecule has 4 N–H and O–H groups in total. The van der Waals surface area contributed by atoms with E-state index < -0.39 is 0 Å². The Hall–Kier alpha value is -3.18. The van der Waals surface area contributed by atoms with Gasteiger partial charge in [-0.05, 0) is 37.1 Å². The molecule has 11 heteroatoms. The Morgan fingerprint density at radius 3 is 2.74 bits per heavy atom. The molecular formula is C20H26N8O2S. The molecular weight excluding hydrogens is 416 g/mol. The highest BCUT2D eigenvalue weighted by atomic mass is 32.1. The number of hydrogen-bond acceptors (Lipinski definition) is 10. The number of aryl methyl sites for hydroxylation is 1. The first-order chi connectivity index (χ1) is 15.2. The van der Waals surface area contributed by atoms with Crippen LogP contribution >= 0.6 is 11.3 Å². The second-order valence-electron chi connectivity index (χ2n) is 7.24. The van der Waals surface area contributed by atoms with Crippen LogP contribution in [0.4, 0.5) is 11.7 Å². The number of thiazole rings is 1. The normalized spacial score (nSPS) is 15.0. The Labute approximate surface area is 184 Å². The minimum absolute atomic E-state index is 0.424. The largest absolute Gasteiger partial charge is 0.487 e. The fourth-order valence-corrected chi connectivity index (χ4v) is 4.40. The maximum absolute atomic E-state index is 5.87. The number of nitrogens with two attached hydrogens (primary N) is 2. The summed E-state index contributed by atoms with van der Waals surface area (Å²) in [4.78, 5) is 11.4. The topological polar surface area (TPSA) is 132 Å². The molecule has 164 valence electrons. The SMILES string of the molecule is CCc1noc(N2CCC(c3nc(COc4ccc(N(N)/C=N\N)cc4)cs3)CC2)n1. The molecule has 10 nitrogen and oxygen atoms in total. The summed E-state index contributed by atoms with van der Waals surface area (Å²) >= 11 is 1.70. The number of anilines is 2. The minimum Gasteiger partial charge on any atom is -0.487 e. The van der Waals surface area contributed by atoms with Crippen LogP contribution in [0.15, 0.2) is 39.3 Å². The first-order valence-electron chi connectivity index (χ1n) is 10.2. The van der Waals surface area contributed by atoms with E-state index in [2.05, 4.69) is 25.5 Å². The molecule has 31 heavy (non-hydrogen) atoms. The minimum atomic E-state index is 0.424. The second-order valence-corrected chi connectivity index (χ2v) is 8.13. The van der Waals surface area contributed by atoms with Gasteiger partial charge in [0, 0.05) is 30.8 Å². The first-order valence-corrected chi connectivity index (χ1v) is 11.1. The summed E-state index contributed by atoms with van der Waals surface area (Å²) in [6.45, 7) is 4.22. The standard InChI is InChI=1S/C20H26N8O2S/c1-2-18-25-20(30-26-18)27-9-7-14(8-10-27)19-24-15(12-31-19)11-29-17-5-3-16(4-6-17)28(22)13-23-21/h3-6,12-14H,2,7-11,21-22H2,1H3/b23-13-. The first kappa shape index (κ1) is 21.1. The third-order valence-corrected chi connectivity index (χ3v) is 6.23. The predicted octanol–water partition coefficient (Wildman–Crippen LogP) is 2.63. The summed E-state index contributed by atoms with van der Waals surface area (Å²) < 4.78 is 11.2. The average Bonchev–Trinajstić information content (AvgIpc) is 3.48. The van der Waals surface area contributed by atoms with Gasteiger partial charge in [0.1, 0.15) is 18.7 Å². The predicted molar refractivity (Wildman–Crippen MR) is 120 cm³/mol. The molecule has 1 fully saturated rings. The zero-order chi connectivity index (χ0) is 21.6. The zero-order valence-electron chi connectivity index (χ0n) is 17.3. The van der Waals surface area contributed by atoms with Gasteiger partial charge in [0.2, 0.25) is 0 Å². The Morgan fingerprint density at radius 1 is 1.29 bits per heavy atom. The Morgan fingerprint density at radius 2 is 2.06 bits per heavy atom. The van der Waals surface area contributed by atoms with Gasteiger partial charge in [0.25, 0.3) is 0 Å². The molecule has 1 aromatic carbocycles. The van der Waals surface area contributed by atoms with Crippen molar-refractivity contribution in [1.29, 1.82) is 0 Å². The summed E-state index contributed by atoms with van der Waals surface area (Å²) in [7, 11) is 0. The summed E-state index contributed by atoms with van der Waals surface area (Å²) in [6, 6.07) is 8.00. The van der Waals surface area contributed by atoms with Crippen LogP contribution < -0.4 is 26.3 Å². The maximum atomic E-state index is 5.87. The van der Waals surface area contributed by atoms with Crippen LogP contribution in [0.3, 0.4) is 0 Å². The number of benzene rings is 1. The van der Waals surface area contributed by atoms with Gasteiger partial charge in [-0.3, -0.25) is 5.01 Å². The van der Waals surface area contributed by atoms with Crippen molar-refractivity contribution in [3.8, 4) is 5.75 Å². The van der Waals surface area contributed by atoms with Gasteiger partial charge in [0.05, 0.1) is 16.4 Å². The highest BCUT2D eigenvalue weighted by Crippen LogP contribution is 2.32. The lowest BCUT2D eigenvalue weighted by molar-refractivity contribution is 0.301. The fraction of sp³-hybridized carbons (Fsp3) is 0.400. The second kappa shape index (κ2) is 9.75. The monoisotopic (exact) mass is 442 g/mol. The Bertz CT molecular complexity index is 995. The number of ether oxygens (including phenoxy) is 1. The fourth-order valence-electron chi connectivity index (χ4n) is 3.42. The molecule has 4 rings (SSSR count). The van der Waals surface area contributed by atoms with E-state index in [1.54, 1.807) is 11.3 Å². The number of hydrazine groups is 1. The van der Waals surface area contributed by atoms with Crippen molar-refractivity contribution in [2.45, 2.75) is 38.7 Å². The summed E-state index contributed by atoms with van der Waals surface area (Å²) in [5, 5.41) is 12.0. The number of nitrogens with zero attached hydrogens (tertiary/aromatic N) is 6. The quantitative estimate of drug-likeness (QED) is 0.234. The molecule has 2 aromatic heterocycles. The van der Waals surface area contributed by atoms with E-state index in [4.69, 9.17) is 25.9 Å². The number of rotatable bonds is 8. The molecule has 0 unspecified atom stereocenters. The Kier molecular flexibility index (Phi) is 6.63. The summed E-state index contributed by atoms with van der Waals surface area (Å²) in [5.74, 6) is 12.8. The highest BCUT2D eigenvalue weighted by molar-refractivity contribution is 7.09. The van der Waals surface area contributed by atoms with Crippen LogP contribution in [0.5, 0.6) is 5.75 Å². The van der Waals surface area contributed by atoms with Gasteiger partial charge < -0.3 is 20.0 Å². The molecule has 1 aliphatic rings. The van der Waals surface area contributed by atoms with E-state index in [9.17, 15) is 0 Å². The summed E-state index contributed by atoms with van der Waals surface area (Å²) in [6.07, 6.45) is 4.14. The smallest absolute Gasteiger partial charge is 0.324 e. The van der Waals surface area contributed by atoms with Crippen molar-refractivity contribution in [3.05, 3.63) is 46.2 Å². The zero-order valence-corrected chi connectivity index (χ0v) is 18.2. The molecule has 3 heterocycles. The molecule has 0 saturated carbocycles. The molecule has 1 saturated heterocycles. The van der Waals surface area contributed by atoms with Gasteiger partial charge in [-0.15, -0.1) is 11.3 Å².